The summed E-state index contributed by atoms with van der Waals surface area (Å²) in [6, 6.07) is 17.0. The number of rotatable bonds is 9. The van der Waals surface area contributed by atoms with E-state index in [-0.39, 0.29) is 22.0 Å². The van der Waals surface area contributed by atoms with Gasteiger partial charge in [-0.1, -0.05) is 24.3 Å². The topological polar surface area (TPSA) is 128 Å². The van der Waals surface area contributed by atoms with E-state index in [0.29, 0.717) is 29.2 Å². The van der Waals surface area contributed by atoms with Gasteiger partial charge in [0.25, 0.3) is 5.92 Å². The number of hydrazine groups is 1. The summed E-state index contributed by atoms with van der Waals surface area (Å²) >= 11 is 0. The molecule has 0 atom stereocenters. The molecular formula is C28H27F5N6O3S. The first kappa shape index (κ1) is 31.5. The lowest BCUT2D eigenvalue weighted by atomic mass is 9.99. The zero-order chi connectivity index (χ0) is 31.7. The molecule has 1 heterocycles. The van der Waals surface area contributed by atoms with Crippen LogP contribution in [-0.2, 0) is 23.0 Å². The number of sulfonamides is 1. The van der Waals surface area contributed by atoms with E-state index in [4.69, 9.17) is 11.6 Å². The minimum atomic E-state index is -4.88. The number of hydrogen-bond donors (Lipinski definition) is 3. The van der Waals surface area contributed by atoms with Gasteiger partial charge in [0.1, 0.15) is 11.4 Å². The van der Waals surface area contributed by atoms with Gasteiger partial charge in [0, 0.05) is 31.3 Å². The van der Waals surface area contributed by atoms with E-state index in [1.165, 1.54) is 49.1 Å². The summed E-state index contributed by atoms with van der Waals surface area (Å²) in [6.07, 6.45) is -3.75. The van der Waals surface area contributed by atoms with E-state index in [1.807, 2.05) is 0 Å². The zero-order valence-corrected chi connectivity index (χ0v) is 23.8. The number of ether oxygens (including phenoxy) is 1. The van der Waals surface area contributed by atoms with Crippen LogP contribution in [-0.4, -0.2) is 31.6 Å². The van der Waals surface area contributed by atoms with Gasteiger partial charge in [-0.2, -0.15) is 13.9 Å². The molecule has 9 nitrogen and oxygen atoms in total. The second-order valence-electron chi connectivity index (χ2n) is 9.39. The number of aromatic nitrogens is 2. The molecule has 1 aromatic heterocycles. The minimum absolute atomic E-state index is 0.00731. The van der Waals surface area contributed by atoms with Crippen LogP contribution in [0.2, 0.25) is 0 Å². The van der Waals surface area contributed by atoms with Gasteiger partial charge in [0.05, 0.1) is 22.0 Å². The van der Waals surface area contributed by atoms with Gasteiger partial charge in [0.15, 0.2) is 0 Å². The summed E-state index contributed by atoms with van der Waals surface area (Å²) in [4.78, 5) is 0.00731. The number of nitrogens with zero attached hydrogens (tertiary/aromatic N) is 3. The Morgan fingerprint density at radius 1 is 1.00 bits per heavy atom. The summed E-state index contributed by atoms with van der Waals surface area (Å²) in [7, 11) is -1.00. The first-order chi connectivity index (χ1) is 20.0. The minimum Gasteiger partial charge on any atom is -0.406 e. The second kappa shape index (κ2) is 11.7. The van der Waals surface area contributed by atoms with E-state index < -0.39 is 33.8 Å². The monoisotopic (exact) mass is 622 g/mol. The van der Waals surface area contributed by atoms with Crippen LogP contribution in [0.15, 0.2) is 83.9 Å². The van der Waals surface area contributed by atoms with Crippen LogP contribution in [0.3, 0.4) is 0 Å². The third-order valence-electron chi connectivity index (χ3n) is 6.41. The van der Waals surface area contributed by atoms with Crippen LogP contribution < -0.4 is 26.0 Å². The molecule has 0 aliphatic rings. The Bertz CT molecular complexity index is 1760. The predicted octanol–water partition coefficient (Wildman–Crippen LogP) is 5.31. The zero-order valence-electron chi connectivity index (χ0n) is 23.0. The van der Waals surface area contributed by atoms with Crippen molar-refractivity contribution in [2.24, 2.45) is 18.6 Å². The van der Waals surface area contributed by atoms with Crippen molar-refractivity contribution in [3.8, 4) is 28.1 Å². The van der Waals surface area contributed by atoms with Gasteiger partial charge in [0.2, 0.25) is 10.0 Å². The predicted molar refractivity (Wildman–Crippen MR) is 152 cm³/mol. The number of anilines is 1. The van der Waals surface area contributed by atoms with Gasteiger partial charge in [-0.15, -0.1) is 13.2 Å². The van der Waals surface area contributed by atoms with E-state index in [2.05, 4.69) is 14.6 Å². The van der Waals surface area contributed by atoms with E-state index in [9.17, 15) is 30.4 Å². The molecule has 0 unspecified atom stereocenters. The molecule has 4 rings (SSSR count). The number of nitrogens with one attached hydrogen (secondary N) is 1. The average Bonchev–Trinajstić information content (AvgIpc) is 3.35. The lowest BCUT2D eigenvalue weighted by Crippen LogP contribution is -2.30. The molecular weight excluding hydrogens is 595 g/mol. The van der Waals surface area contributed by atoms with Gasteiger partial charge in [-0.05, 0) is 66.7 Å². The highest BCUT2D eigenvalue weighted by molar-refractivity contribution is 7.89. The summed E-state index contributed by atoms with van der Waals surface area (Å²) in [5.41, 5.74) is 7.75. The van der Waals surface area contributed by atoms with Crippen LogP contribution in [0.5, 0.6) is 5.75 Å². The van der Waals surface area contributed by atoms with Crippen molar-refractivity contribution in [3.05, 3.63) is 90.3 Å². The Morgan fingerprint density at radius 2 is 1.65 bits per heavy atom. The number of aryl methyl sites for hydroxylation is 1. The molecule has 0 spiro atoms. The fourth-order valence-corrected chi connectivity index (χ4v) is 5.07. The van der Waals surface area contributed by atoms with Gasteiger partial charge in [-0.3, -0.25) is 9.69 Å². The van der Waals surface area contributed by atoms with Crippen LogP contribution in [0.25, 0.3) is 28.1 Å². The first-order valence-electron chi connectivity index (χ1n) is 12.5. The quantitative estimate of drug-likeness (QED) is 0.131. The molecule has 0 radical (unpaired) electrons. The fourth-order valence-electron chi connectivity index (χ4n) is 4.29. The maximum atomic E-state index is 14.1. The molecule has 0 bridgehead atoms. The average molecular weight is 623 g/mol. The normalized spacial score (nSPS) is 12.8. The Morgan fingerprint density at radius 3 is 2.21 bits per heavy atom. The lowest BCUT2D eigenvalue weighted by molar-refractivity contribution is -0.274. The highest BCUT2D eigenvalue weighted by Gasteiger charge is 2.32. The number of alkyl halides is 5. The molecule has 4 aromatic rings. The number of hydrogen-bond acceptors (Lipinski definition) is 7. The third kappa shape index (κ3) is 6.96. The Kier molecular flexibility index (Phi) is 8.53. The summed E-state index contributed by atoms with van der Waals surface area (Å²) in [5.74, 6) is 2.86. The molecule has 0 saturated heterocycles. The van der Waals surface area contributed by atoms with Gasteiger partial charge >= 0.3 is 6.36 Å². The van der Waals surface area contributed by atoms with Crippen molar-refractivity contribution in [3.63, 3.8) is 0 Å². The maximum absolute atomic E-state index is 14.1. The summed E-state index contributed by atoms with van der Waals surface area (Å²) < 4.78 is 98.5. The largest absolute Gasteiger partial charge is 0.573 e. The number of halogens is 5. The maximum Gasteiger partial charge on any atom is 0.573 e. The van der Waals surface area contributed by atoms with Crippen LogP contribution in [0.4, 0.5) is 27.6 Å². The molecule has 0 aliphatic carbocycles. The van der Waals surface area contributed by atoms with Crippen molar-refractivity contribution < 1.29 is 35.1 Å². The lowest BCUT2D eigenvalue weighted by Gasteiger charge is -2.25. The molecule has 5 N–H and O–H groups in total. The van der Waals surface area contributed by atoms with Gasteiger partial charge in [-0.25, -0.2) is 19.0 Å². The number of nitrogens with two attached hydrogens (primary N) is 2. The molecule has 15 heteroatoms. The van der Waals surface area contributed by atoms with Crippen molar-refractivity contribution >= 4 is 21.4 Å². The summed E-state index contributed by atoms with van der Waals surface area (Å²) in [5, 5.41) is 5.08. The van der Waals surface area contributed by atoms with Crippen molar-refractivity contribution in [1.29, 1.82) is 0 Å². The fraction of sp³-hybridized carbons (Fsp3) is 0.179. The molecule has 0 amide bonds. The van der Waals surface area contributed by atoms with Gasteiger partial charge < -0.3 is 10.5 Å². The Labute approximate surface area is 244 Å². The van der Waals surface area contributed by atoms with Crippen molar-refractivity contribution in [2.45, 2.75) is 24.1 Å². The molecule has 43 heavy (non-hydrogen) atoms. The van der Waals surface area contributed by atoms with Crippen LogP contribution in [0.1, 0.15) is 18.2 Å². The van der Waals surface area contributed by atoms with E-state index >= 15 is 0 Å². The Hall–Kier alpha value is -4.47. The highest BCUT2D eigenvalue weighted by atomic mass is 32.2. The Balaban J connectivity index is 1.87. The second-order valence-corrected chi connectivity index (χ2v) is 11.3. The third-order valence-corrected chi connectivity index (χ3v) is 7.82. The van der Waals surface area contributed by atoms with Crippen molar-refractivity contribution in [1.82, 2.24) is 14.5 Å². The first-order valence-corrected chi connectivity index (χ1v) is 14.0. The number of benzene rings is 3. The standard InChI is InChI=1S/C28H27F5N6O3S/c1-27(29,30)26-15-23(38(3)37-26)22-12-9-19(18-5-4-6-21(13-18)43(40,41)36-2)14-24(22)39(35)25(16-34)17-7-10-20(11-8-17)42-28(31,32)33/h4-16,36H,34-35H2,1-3H3/b25-16-. The van der Waals surface area contributed by atoms with Crippen LogP contribution >= 0.6 is 0 Å². The summed E-state index contributed by atoms with van der Waals surface area (Å²) in [6.45, 7) is 0.714. The SMILES string of the molecule is CNS(=O)(=O)c1cccc(-c2ccc(-c3cc(C(C)(F)F)nn3C)c(N(N)/C(=C\N)c3ccc(OC(F)(F)F)cc3)c2)c1. The molecule has 228 valence electrons. The van der Waals surface area contributed by atoms with Crippen molar-refractivity contribution in [2.75, 3.05) is 12.1 Å². The smallest absolute Gasteiger partial charge is 0.406 e. The van der Waals surface area contributed by atoms with E-state index in [1.54, 1.807) is 30.3 Å². The molecule has 0 saturated carbocycles. The highest BCUT2D eigenvalue weighted by Crippen LogP contribution is 2.39. The molecule has 0 aliphatic heterocycles. The van der Waals surface area contributed by atoms with E-state index in [0.717, 1.165) is 23.3 Å². The molecule has 0 fully saturated rings. The van der Waals surface area contributed by atoms with Crippen LogP contribution in [0, 0.1) is 0 Å². The molecule has 3 aromatic carbocycles.